The highest BCUT2D eigenvalue weighted by molar-refractivity contribution is 5.92. The van der Waals surface area contributed by atoms with Crippen molar-refractivity contribution in [2.75, 3.05) is 24.5 Å². The van der Waals surface area contributed by atoms with E-state index in [1.807, 2.05) is 6.92 Å². The number of alkyl halides is 3. The summed E-state index contributed by atoms with van der Waals surface area (Å²) in [7, 11) is 0. The molecule has 1 fully saturated rings. The molecule has 0 saturated carbocycles. The van der Waals surface area contributed by atoms with E-state index >= 15 is 0 Å². The van der Waals surface area contributed by atoms with E-state index in [2.05, 4.69) is 4.74 Å². The zero-order chi connectivity index (χ0) is 16.2. The van der Waals surface area contributed by atoms with E-state index < -0.39 is 6.36 Å². The van der Waals surface area contributed by atoms with Crippen LogP contribution < -0.4 is 9.64 Å². The monoisotopic (exact) mass is 316 g/mol. The molecule has 0 aromatic heterocycles. The standard InChI is InChI=1S/C15H19F3N2O2/c1-2-20(14(21)19-10-4-3-5-11-19)12-6-8-13(9-7-12)22-15(16,17)18/h6-9H,2-5,10-11H2,1H3. The van der Waals surface area contributed by atoms with Crippen LogP contribution in [0.5, 0.6) is 5.75 Å². The van der Waals surface area contributed by atoms with Gasteiger partial charge in [-0.2, -0.15) is 0 Å². The van der Waals surface area contributed by atoms with Crippen molar-refractivity contribution in [3.8, 4) is 5.75 Å². The molecule has 0 radical (unpaired) electrons. The van der Waals surface area contributed by atoms with E-state index in [-0.39, 0.29) is 11.8 Å². The molecule has 4 nitrogen and oxygen atoms in total. The zero-order valence-electron chi connectivity index (χ0n) is 12.4. The van der Waals surface area contributed by atoms with Crippen LogP contribution in [0.25, 0.3) is 0 Å². The van der Waals surface area contributed by atoms with E-state index in [0.29, 0.717) is 12.2 Å². The lowest BCUT2D eigenvalue weighted by atomic mass is 10.1. The summed E-state index contributed by atoms with van der Waals surface area (Å²) in [5, 5.41) is 0. The first-order valence-electron chi connectivity index (χ1n) is 7.33. The molecule has 0 unspecified atom stereocenters. The summed E-state index contributed by atoms with van der Waals surface area (Å²) in [5.74, 6) is -0.294. The van der Waals surface area contributed by atoms with Gasteiger partial charge in [0.1, 0.15) is 5.75 Å². The number of nitrogens with zero attached hydrogens (tertiary/aromatic N) is 2. The second-order valence-electron chi connectivity index (χ2n) is 5.12. The first-order valence-corrected chi connectivity index (χ1v) is 7.33. The molecule has 0 atom stereocenters. The Bertz CT molecular complexity index is 497. The zero-order valence-corrected chi connectivity index (χ0v) is 12.4. The minimum Gasteiger partial charge on any atom is -0.406 e. The largest absolute Gasteiger partial charge is 0.573 e. The molecule has 7 heteroatoms. The Kier molecular flexibility index (Phi) is 5.15. The third-order valence-electron chi connectivity index (χ3n) is 3.56. The number of hydrogen-bond donors (Lipinski definition) is 0. The molecule has 0 bridgehead atoms. The summed E-state index contributed by atoms with van der Waals surface area (Å²) in [6.45, 7) is 3.74. The maximum Gasteiger partial charge on any atom is 0.573 e. The van der Waals surface area contributed by atoms with Gasteiger partial charge in [-0.25, -0.2) is 4.79 Å². The number of rotatable bonds is 3. The van der Waals surface area contributed by atoms with E-state index in [4.69, 9.17) is 0 Å². The van der Waals surface area contributed by atoms with Crippen molar-refractivity contribution in [1.82, 2.24) is 4.90 Å². The number of halogens is 3. The minimum absolute atomic E-state index is 0.105. The number of urea groups is 1. The van der Waals surface area contributed by atoms with Crippen LogP contribution in [0.3, 0.4) is 0 Å². The first-order chi connectivity index (χ1) is 10.4. The topological polar surface area (TPSA) is 32.8 Å². The van der Waals surface area contributed by atoms with E-state index in [1.165, 1.54) is 24.3 Å². The highest BCUT2D eigenvalue weighted by atomic mass is 19.4. The fourth-order valence-corrected chi connectivity index (χ4v) is 2.51. The van der Waals surface area contributed by atoms with Crippen LogP contribution >= 0.6 is 0 Å². The van der Waals surface area contributed by atoms with Crippen LogP contribution in [-0.4, -0.2) is 36.9 Å². The summed E-state index contributed by atoms with van der Waals surface area (Å²) in [5.41, 5.74) is 0.563. The highest BCUT2D eigenvalue weighted by Crippen LogP contribution is 2.26. The van der Waals surface area contributed by atoms with E-state index in [9.17, 15) is 18.0 Å². The third kappa shape index (κ3) is 4.29. The second kappa shape index (κ2) is 6.89. The van der Waals surface area contributed by atoms with Crippen molar-refractivity contribution in [2.45, 2.75) is 32.5 Å². The molecule has 1 saturated heterocycles. The Morgan fingerprint density at radius 2 is 1.77 bits per heavy atom. The van der Waals surface area contributed by atoms with Gasteiger partial charge in [0, 0.05) is 25.3 Å². The normalized spacial score (nSPS) is 15.5. The molecule has 122 valence electrons. The molecule has 1 aliphatic heterocycles. The molecule has 0 spiro atoms. The molecular weight excluding hydrogens is 297 g/mol. The van der Waals surface area contributed by atoms with Crippen molar-refractivity contribution < 1.29 is 22.7 Å². The van der Waals surface area contributed by atoms with Gasteiger partial charge in [-0.05, 0) is 50.5 Å². The maximum atomic E-state index is 12.5. The molecule has 22 heavy (non-hydrogen) atoms. The van der Waals surface area contributed by atoms with Gasteiger partial charge in [-0.15, -0.1) is 13.2 Å². The molecule has 1 aromatic carbocycles. The van der Waals surface area contributed by atoms with Crippen LogP contribution in [-0.2, 0) is 0 Å². The molecule has 0 aliphatic carbocycles. The summed E-state index contributed by atoms with van der Waals surface area (Å²) < 4.78 is 40.3. The van der Waals surface area contributed by atoms with Crippen LogP contribution in [0, 0.1) is 0 Å². The number of amides is 2. The molecule has 1 aliphatic rings. The summed E-state index contributed by atoms with van der Waals surface area (Å²) in [6.07, 6.45) is -1.61. The lowest BCUT2D eigenvalue weighted by Gasteiger charge is -2.32. The van der Waals surface area contributed by atoms with E-state index in [0.717, 1.165) is 32.4 Å². The van der Waals surface area contributed by atoms with Gasteiger partial charge < -0.3 is 9.64 Å². The third-order valence-corrected chi connectivity index (χ3v) is 3.56. The SMILES string of the molecule is CCN(C(=O)N1CCCCC1)c1ccc(OC(F)(F)F)cc1. The Labute approximate surface area is 127 Å². The second-order valence-corrected chi connectivity index (χ2v) is 5.12. The lowest BCUT2D eigenvalue weighted by molar-refractivity contribution is -0.274. The summed E-state index contributed by atoms with van der Waals surface area (Å²) in [6, 6.07) is 5.26. The van der Waals surface area contributed by atoms with E-state index in [1.54, 1.807) is 9.80 Å². The molecule has 1 aromatic rings. The molecule has 2 rings (SSSR count). The van der Waals surface area contributed by atoms with Crippen molar-refractivity contribution in [3.63, 3.8) is 0 Å². The van der Waals surface area contributed by atoms with Crippen LogP contribution in [0.2, 0.25) is 0 Å². The van der Waals surface area contributed by atoms with Crippen molar-refractivity contribution in [1.29, 1.82) is 0 Å². The number of hydrogen-bond acceptors (Lipinski definition) is 2. The Balaban J connectivity index is 2.08. The molecule has 1 heterocycles. The summed E-state index contributed by atoms with van der Waals surface area (Å²) in [4.78, 5) is 15.8. The van der Waals surface area contributed by atoms with Crippen LogP contribution in [0.4, 0.5) is 23.7 Å². The smallest absolute Gasteiger partial charge is 0.406 e. The van der Waals surface area contributed by atoms with Gasteiger partial charge in [-0.3, -0.25) is 4.90 Å². The predicted molar refractivity (Wildman–Crippen MR) is 77.0 cm³/mol. The average molecular weight is 316 g/mol. The fraction of sp³-hybridized carbons (Fsp3) is 0.533. The van der Waals surface area contributed by atoms with Gasteiger partial charge in [-0.1, -0.05) is 0 Å². The quantitative estimate of drug-likeness (QED) is 0.844. The Hall–Kier alpha value is -1.92. The Morgan fingerprint density at radius 3 is 2.27 bits per heavy atom. The summed E-state index contributed by atoms with van der Waals surface area (Å²) >= 11 is 0. The fourth-order valence-electron chi connectivity index (χ4n) is 2.51. The van der Waals surface area contributed by atoms with Gasteiger partial charge in [0.2, 0.25) is 0 Å². The average Bonchev–Trinajstić information content (AvgIpc) is 2.49. The maximum absolute atomic E-state index is 12.5. The molecule has 0 N–H and O–H groups in total. The number of ether oxygens (including phenoxy) is 1. The highest BCUT2D eigenvalue weighted by Gasteiger charge is 2.31. The molecule has 2 amide bonds. The predicted octanol–water partition coefficient (Wildman–Crippen LogP) is 4.02. The van der Waals surface area contributed by atoms with Crippen molar-refractivity contribution in [3.05, 3.63) is 24.3 Å². The minimum atomic E-state index is -4.71. The molecular formula is C15H19F3N2O2. The van der Waals surface area contributed by atoms with Crippen molar-refractivity contribution >= 4 is 11.7 Å². The number of anilines is 1. The number of carbonyl (C=O) groups is 1. The number of benzene rings is 1. The van der Waals surface area contributed by atoms with Gasteiger partial charge in [0.15, 0.2) is 0 Å². The number of likely N-dealkylation sites (tertiary alicyclic amines) is 1. The Morgan fingerprint density at radius 1 is 1.18 bits per heavy atom. The van der Waals surface area contributed by atoms with Gasteiger partial charge >= 0.3 is 12.4 Å². The van der Waals surface area contributed by atoms with Gasteiger partial charge in [0.25, 0.3) is 0 Å². The first kappa shape index (κ1) is 16.5. The number of piperidine rings is 1. The number of carbonyl (C=O) groups excluding carboxylic acids is 1. The van der Waals surface area contributed by atoms with Gasteiger partial charge in [0.05, 0.1) is 0 Å². The van der Waals surface area contributed by atoms with Crippen molar-refractivity contribution in [2.24, 2.45) is 0 Å². The lowest BCUT2D eigenvalue weighted by Crippen LogP contribution is -2.45. The van der Waals surface area contributed by atoms with Crippen LogP contribution in [0.15, 0.2) is 24.3 Å². The van der Waals surface area contributed by atoms with Crippen LogP contribution in [0.1, 0.15) is 26.2 Å².